The van der Waals surface area contributed by atoms with E-state index in [1.807, 2.05) is 0 Å². The molecule has 0 saturated carbocycles. The summed E-state index contributed by atoms with van der Waals surface area (Å²) in [6, 6.07) is 9.76. The van der Waals surface area contributed by atoms with Crippen LogP contribution in [-0.4, -0.2) is 34.2 Å². The summed E-state index contributed by atoms with van der Waals surface area (Å²) in [7, 11) is 0. The molecular weight excluding hydrogens is 296 g/mol. The zero-order valence-corrected chi connectivity index (χ0v) is 12.5. The van der Waals surface area contributed by atoms with Crippen molar-refractivity contribution in [2.24, 2.45) is 5.10 Å². The Bertz CT molecular complexity index is 729. The minimum Gasteiger partial charge on any atom is -0.508 e. The van der Waals surface area contributed by atoms with Crippen LogP contribution >= 0.6 is 0 Å². The quantitative estimate of drug-likeness (QED) is 0.567. The highest BCUT2D eigenvalue weighted by Gasteiger charge is 2.07. The number of hydrogen-bond acceptors (Lipinski definition) is 5. The third-order valence-corrected chi connectivity index (χ3v) is 2.95. The van der Waals surface area contributed by atoms with Gasteiger partial charge in [-0.15, -0.1) is 0 Å². The van der Waals surface area contributed by atoms with Crippen LogP contribution in [0.5, 0.6) is 5.75 Å². The predicted octanol–water partition coefficient (Wildman–Crippen LogP) is 1.06. The van der Waals surface area contributed by atoms with Crippen LogP contribution in [0.3, 0.4) is 0 Å². The van der Waals surface area contributed by atoms with Crippen LogP contribution < -0.4 is 10.7 Å². The Morgan fingerprint density at radius 1 is 1.22 bits per heavy atom. The van der Waals surface area contributed by atoms with E-state index >= 15 is 0 Å². The predicted molar refractivity (Wildman–Crippen MR) is 85.0 cm³/mol. The van der Waals surface area contributed by atoms with Gasteiger partial charge in [-0.05, 0) is 31.2 Å². The Labute approximate surface area is 133 Å². The van der Waals surface area contributed by atoms with E-state index in [1.54, 1.807) is 43.5 Å². The second-order valence-electron chi connectivity index (χ2n) is 4.71. The van der Waals surface area contributed by atoms with Gasteiger partial charge in [-0.2, -0.15) is 5.10 Å². The molecule has 0 aliphatic heterocycles. The summed E-state index contributed by atoms with van der Waals surface area (Å²) in [5, 5.41) is 15.8. The van der Waals surface area contributed by atoms with Crippen LogP contribution in [0.25, 0.3) is 0 Å². The first-order valence-electron chi connectivity index (χ1n) is 6.87. The van der Waals surface area contributed by atoms with Gasteiger partial charge in [-0.3, -0.25) is 14.6 Å². The van der Waals surface area contributed by atoms with Crippen molar-refractivity contribution in [3.05, 3.63) is 59.9 Å². The number of carbonyl (C=O) groups excluding carboxylic acids is 2. The largest absolute Gasteiger partial charge is 0.508 e. The van der Waals surface area contributed by atoms with E-state index in [-0.39, 0.29) is 18.2 Å². The van der Waals surface area contributed by atoms with Crippen molar-refractivity contribution in [2.75, 3.05) is 6.54 Å². The number of nitrogens with one attached hydrogen (secondary N) is 2. The summed E-state index contributed by atoms with van der Waals surface area (Å²) in [5.41, 5.74) is 3.94. The fourth-order valence-corrected chi connectivity index (χ4v) is 1.74. The Kier molecular flexibility index (Phi) is 5.40. The number of nitrogens with zero attached hydrogens (tertiary/aromatic N) is 2. The standard InChI is InChI=1S/C16H16N4O3/c1-11(12-4-2-6-14(21)8-12)19-20-15(22)10-18-16(23)13-5-3-7-17-9-13/h2-9,21H,10H2,1H3,(H,18,23)(H,20,22)/b19-11-. The number of aromatic nitrogens is 1. The SMILES string of the molecule is C/C(=N/NC(=O)CNC(=O)c1cccnc1)c1cccc(O)c1. The van der Waals surface area contributed by atoms with Gasteiger partial charge in [0.15, 0.2) is 0 Å². The first-order valence-corrected chi connectivity index (χ1v) is 6.87. The zero-order chi connectivity index (χ0) is 16.7. The molecule has 0 fully saturated rings. The second kappa shape index (κ2) is 7.69. The molecule has 1 aromatic carbocycles. The van der Waals surface area contributed by atoms with Gasteiger partial charge in [0.2, 0.25) is 0 Å². The van der Waals surface area contributed by atoms with E-state index in [0.717, 1.165) is 0 Å². The van der Waals surface area contributed by atoms with Crippen molar-refractivity contribution in [1.29, 1.82) is 0 Å². The first kappa shape index (κ1) is 16.2. The number of phenols is 1. The van der Waals surface area contributed by atoms with E-state index < -0.39 is 5.91 Å². The number of pyridine rings is 1. The van der Waals surface area contributed by atoms with Crippen LogP contribution in [0.1, 0.15) is 22.8 Å². The molecule has 1 aromatic heterocycles. The summed E-state index contributed by atoms with van der Waals surface area (Å²) in [6.07, 6.45) is 2.97. The lowest BCUT2D eigenvalue weighted by Gasteiger charge is -2.05. The summed E-state index contributed by atoms with van der Waals surface area (Å²) in [5.74, 6) is -0.726. The van der Waals surface area contributed by atoms with Gasteiger partial charge >= 0.3 is 0 Å². The highest BCUT2D eigenvalue weighted by Crippen LogP contribution is 2.11. The molecule has 0 aliphatic rings. The molecule has 2 amide bonds. The number of benzene rings is 1. The summed E-state index contributed by atoms with van der Waals surface area (Å²) in [6.45, 7) is 1.49. The third kappa shape index (κ3) is 4.92. The first-order chi connectivity index (χ1) is 11.1. The van der Waals surface area contributed by atoms with Gasteiger partial charge in [0.05, 0.1) is 17.8 Å². The van der Waals surface area contributed by atoms with E-state index in [9.17, 15) is 14.7 Å². The number of hydrazone groups is 1. The number of aromatic hydroxyl groups is 1. The smallest absolute Gasteiger partial charge is 0.259 e. The van der Waals surface area contributed by atoms with Crippen LogP contribution in [0.15, 0.2) is 53.9 Å². The molecule has 2 rings (SSSR count). The minimum absolute atomic E-state index is 0.118. The summed E-state index contributed by atoms with van der Waals surface area (Å²) >= 11 is 0. The molecule has 0 saturated heterocycles. The van der Waals surface area contributed by atoms with Crippen LogP contribution in [0.2, 0.25) is 0 Å². The number of hydrogen-bond donors (Lipinski definition) is 3. The van der Waals surface area contributed by atoms with Crippen LogP contribution in [0.4, 0.5) is 0 Å². The second-order valence-corrected chi connectivity index (χ2v) is 4.71. The monoisotopic (exact) mass is 312 g/mol. The summed E-state index contributed by atoms with van der Waals surface area (Å²) in [4.78, 5) is 27.3. The van der Waals surface area contributed by atoms with Crippen molar-refractivity contribution in [1.82, 2.24) is 15.7 Å². The van der Waals surface area contributed by atoms with Gasteiger partial charge in [0.25, 0.3) is 11.8 Å². The Hall–Kier alpha value is -3.22. The molecule has 0 radical (unpaired) electrons. The highest BCUT2D eigenvalue weighted by atomic mass is 16.3. The van der Waals surface area contributed by atoms with Gasteiger partial charge in [0.1, 0.15) is 5.75 Å². The number of carbonyl (C=O) groups is 2. The molecule has 0 aliphatic carbocycles. The summed E-state index contributed by atoms with van der Waals surface area (Å²) < 4.78 is 0. The van der Waals surface area contributed by atoms with Gasteiger partial charge < -0.3 is 10.4 Å². The molecule has 3 N–H and O–H groups in total. The van der Waals surface area contributed by atoms with Gasteiger partial charge in [-0.1, -0.05) is 12.1 Å². The number of amides is 2. The zero-order valence-electron chi connectivity index (χ0n) is 12.5. The fourth-order valence-electron chi connectivity index (χ4n) is 1.74. The molecule has 23 heavy (non-hydrogen) atoms. The normalized spacial score (nSPS) is 10.9. The maximum Gasteiger partial charge on any atom is 0.259 e. The number of rotatable bonds is 5. The fraction of sp³-hybridized carbons (Fsp3) is 0.125. The molecule has 0 spiro atoms. The molecule has 0 unspecified atom stereocenters. The molecule has 7 heteroatoms. The van der Waals surface area contributed by atoms with Crippen molar-refractivity contribution in [3.8, 4) is 5.75 Å². The highest BCUT2D eigenvalue weighted by molar-refractivity contribution is 6.00. The third-order valence-electron chi connectivity index (χ3n) is 2.95. The molecular formula is C16H16N4O3. The van der Waals surface area contributed by atoms with Crippen molar-refractivity contribution < 1.29 is 14.7 Å². The lowest BCUT2D eigenvalue weighted by Crippen LogP contribution is -2.35. The maximum absolute atomic E-state index is 11.8. The Morgan fingerprint density at radius 3 is 2.70 bits per heavy atom. The lowest BCUT2D eigenvalue weighted by molar-refractivity contribution is -0.120. The minimum atomic E-state index is -0.457. The van der Waals surface area contributed by atoms with Crippen LogP contribution in [0, 0.1) is 0 Å². The lowest BCUT2D eigenvalue weighted by atomic mass is 10.1. The maximum atomic E-state index is 11.8. The van der Waals surface area contributed by atoms with Crippen molar-refractivity contribution in [2.45, 2.75) is 6.92 Å². The van der Waals surface area contributed by atoms with Crippen molar-refractivity contribution in [3.63, 3.8) is 0 Å². The molecule has 0 atom stereocenters. The molecule has 0 bridgehead atoms. The van der Waals surface area contributed by atoms with Gasteiger partial charge in [0, 0.05) is 18.0 Å². The molecule has 7 nitrogen and oxygen atoms in total. The molecule has 2 aromatic rings. The van der Waals surface area contributed by atoms with Gasteiger partial charge in [-0.25, -0.2) is 5.43 Å². The van der Waals surface area contributed by atoms with Crippen molar-refractivity contribution >= 4 is 17.5 Å². The average molecular weight is 312 g/mol. The molecule has 1 heterocycles. The van der Waals surface area contributed by atoms with E-state index in [4.69, 9.17) is 0 Å². The Balaban J connectivity index is 1.85. The van der Waals surface area contributed by atoms with E-state index in [2.05, 4.69) is 20.8 Å². The average Bonchev–Trinajstić information content (AvgIpc) is 2.58. The van der Waals surface area contributed by atoms with E-state index in [0.29, 0.717) is 16.8 Å². The topological polar surface area (TPSA) is 104 Å². The number of phenolic OH excluding ortho intramolecular Hbond substituents is 1. The Morgan fingerprint density at radius 2 is 2.00 bits per heavy atom. The van der Waals surface area contributed by atoms with Crippen LogP contribution in [-0.2, 0) is 4.79 Å². The van der Waals surface area contributed by atoms with E-state index in [1.165, 1.54) is 12.3 Å². The molecule has 118 valence electrons.